The van der Waals surface area contributed by atoms with Crippen LogP contribution in [-0.2, 0) is 24.2 Å². The summed E-state index contributed by atoms with van der Waals surface area (Å²) in [7, 11) is -4.00. The Bertz CT molecular complexity index is 1870. The molecule has 0 spiro atoms. The van der Waals surface area contributed by atoms with Crippen LogP contribution in [0.5, 0.6) is 0 Å². The third-order valence-electron chi connectivity index (χ3n) is 8.47. The Balaban J connectivity index is 1.67. The van der Waals surface area contributed by atoms with Crippen molar-refractivity contribution in [3.63, 3.8) is 0 Å². The summed E-state index contributed by atoms with van der Waals surface area (Å²) in [5.41, 5.74) is 0.774. The average molecular weight is 668 g/mol. The molecule has 2 aromatic carbocycles. The molecule has 47 heavy (non-hydrogen) atoms. The molecule has 0 radical (unpaired) electrons. The molecular formula is C33H32F3N5O5S. The number of nitriles is 1. The number of sulfone groups is 1. The van der Waals surface area contributed by atoms with Gasteiger partial charge in [-0.2, -0.15) is 5.26 Å². The maximum Gasteiger partial charge on any atom is 0.251 e. The number of aryl methyl sites for hydroxylation is 1. The molecule has 10 nitrogen and oxygen atoms in total. The predicted octanol–water partition coefficient (Wildman–Crippen LogP) is 4.77. The third kappa shape index (κ3) is 7.30. The first kappa shape index (κ1) is 33.6. The number of amides is 3. The summed E-state index contributed by atoms with van der Waals surface area (Å²) in [6, 6.07) is 10.7. The van der Waals surface area contributed by atoms with E-state index in [1.54, 1.807) is 31.2 Å². The van der Waals surface area contributed by atoms with Gasteiger partial charge in [0.25, 0.3) is 5.91 Å². The molecule has 3 aromatic rings. The van der Waals surface area contributed by atoms with Gasteiger partial charge in [-0.1, -0.05) is 24.3 Å². The highest BCUT2D eigenvalue weighted by Crippen LogP contribution is 2.37. The number of hydrogen-bond donors (Lipinski definition) is 1. The number of aromatic nitrogens is 1. The largest absolute Gasteiger partial charge is 0.351 e. The molecule has 2 fully saturated rings. The molecule has 1 unspecified atom stereocenters. The number of anilines is 2. The highest BCUT2D eigenvalue weighted by atomic mass is 32.2. The van der Waals surface area contributed by atoms with Crippen LogP contribution in [0.15, 0.2) is 65.7 Å². The second-order valence-electron chi connectivity index (χ2n) is 11.9. The fraction of sp³-hybridized carbons (Fsp3) is 0.364. The van der Waals surface area contributed by atoms with E-state index in [9.17, 15) is 36.8 Å². The molecule has 14 heteroatoms. The van der Waals surface area contributed by atoms with Crippen LogP contribution in [-0.4, -0.2) is 55.4 Å². The number of halogens is 3. The van der Waals surface area contributed by atoms with E-state index in [1.165, 1.54) is 18.3 Å². The van der Waals surface area contributed by atoms with E-state index in [-0.39, 0.29) is 42.8 Å². The second kappa shape index (κ2) is 13.2. The lowest BCUT2D eigenvalue weighted by Crippen LogP contribution is -2.53. The number of carbonyl (C=O) groups excluding carboxylic acids is 3. The van der Waals surface area contributed by atoms with Crippen LogP contribution in [0.2, 0.25) is 0 Å². The van der Waals surface area contributed by atoms with Crippen molar-refractivity contribution in [2.45, 2.75) is 74.4 Å². The predicted molar refractivity (Wildman–Crippen MR) is 166 cm³/mol. The highest BCUT2D eigenvalue weighted by molar-refractivity contribution is 7.90. The van der Waals surface area contributed by atoms with Crippen LogP contribution < -0.4 is 15.1 Å². The maximum atomic E-state index is 15.2. The number of nitrogens with zero attached hydrogens (tertiary/aromatic N) is 4. The fourth-order valence-electron chi connectivity index (χ4n) is 6.05. The van der Waals surface area contributed by atoms with Crippen LogP contribution in [0.3, 0.4) is 0 Å². The van der Waals surface area contributed by atoms with Gasteiger partial charge in [-0.3, -0.25) is 24.2 Å². The third-order valence-corrected chi connectivity index (χ3v) is 9.56. The van der Waals surface area contributed by atoms with E-state index in [1.807, 2.05) is 6.07 Å². The van der Waals surface area contributed by atoms with E-state index in [0.717, 1.165) is 34.3 Å². The van der Waals surface area contributed by atoms with Crippen molar-refractivity contribution < 1.29 is 36.0 Å². The quantitative estimate of drug-likeness (QED) is 0.365. The van der Waals surface area contributed by atoms with Crippen molar-refractivity contribution in [1.29, 1.82) is 5.26 Å². The van der Waals surface area contributed by atoms with Gasteiger partial charge in [-0.05, 0) is 67.6 Å². The number of nitrogens with one attached hydrogen (secondary N) is 1. The number of carbonyl (C=O) groups is 3. The molecule has 1 saturated heterocycles. The molecule has 1 aliphatic heterocycles. The Morgan fingerprint density at radius 2 is 1.81 bits per heavy atom. The van der Waals surface area contributed by atoms with E-state index in [2.05, 4.69) is 10.3 Å². The van der Waals surface area contributed by atoms with Gasteiger partial charge in [0.2, 0.25) is 17.7 Å². The minimum absolute atomic E-state index is 0.0148. The monoisotopic (exact) mass is 667 g/mol. The van der Waals surface area contributed by atoms with E-state index >= 15 is 4.39 Å². The normalized spacial score (nSPS) is 18.8. The minimum atomic E-state index is -4.00. The summed E-state index contributed by atoms with van der Waals surface area (Å²) in [6.45, 7) is 1.69. The molecule has 1 saturated carbocycles. The molecule has 1 aliphatic carbocycles. The smallest absolute Gasteiger partial charge is 0.251 e. The molecule has 1 aromatic heterocycles. The van der Waals surface area contributed by atoms with Crippen molar-refractivity contribution in [3.8, 4) is 6.07 Å². The Morgan fingerprint density at radius 1 is 1.11 bits per heavy atom. The molecule has 2 aliphatic rings. The van der Waals surface area contributed by atoms with Gasteiger partial charge in [-0.15, -0.1) is 0 Å². The zero-order chi connectivity index (χ0) is 34.1. The Morgan fingerprint density at radius 3 is 2.47 bits per heavy atom. The van der Waals surface area contributed by atoms with Crippen molar-refractivity contribution in [1.82, 2.24) is 10.3 Å². The van der Waals surface area contributed by atoms with Crippen LogP contribution in [0.4, 0.5) is 24.7 Å². The van der Waals surface area contributed by atoms with Gasteiger partial charge < -0.3 is 5.32 Å². The van der Waals surface area contributed by atoms with Gasteiger partial charge in [0.05, 0.1) is 16.5 Å². The summed E-state index contributed by atoms with van der Waals surface area (Å²) in [5.74, 6) is -5.93. The first-order chi connectivity index (χ1) is 22.2. The molecule has 246 valence electrons. The van der Waals surface area contributed by atoms with Gasteiger partial charge >= 0.3 is 0 Å². The number of benzene rings is 2. The van der Waals surface area contributed by atoms with E-state index in [4.69, 9.17) is 0 Å². The Labute approximate surface area is 270 Å². The standard InChI is InChI=1S/C33H32F3N5O5S/c1-20-5-3-4-6-26(20)30(31(43)39-23-9-12-33(35,36)13-10-23)40(24-16-22(34)17-25(18-24)47(2,45)46)32(44)27-7-8-29(42)41(27)28-15-21(19-37)11-14-38-28/h3-6,11,14-18,23,27,30H,7-10,12-13H2,1-2H3,(H,39,43)/t27-,30?/m0/s1. The summed E-state index contributed by atoms with van der Waals surface area (Å²) in [5, 5.41) is 12.2. The van der Waals surface area contributed by atoms with Gasteiger partial charge in [0.15, 0.2) is 9.84 Å². The van der Waals surface area contributed by atoms with E-state index in [0.29, 0.717) is 11.1 Å². The second-order valence-corrected chi connectivity index (χ2v) is 13.9. The van der Waals surface area contributed by atoms with Crippen LogP contribution in [0.25, 0.3) is 0 Å². The number of alkyl halides is 2. The average Bonchev–Trinajstić information content (AvgIpc) is 3.41. The lowest BCUT2D eigenvalue weighted by atomic mass is 9.91. The van der Waals surface area contributed by atoms with Gasteiger partial charge in [-0.25, -0.2) is 26.6 Å². The first-order valence-corrected chi connectivity index (χ1v) is 16.8. The van der Waals surface area contributed by atoms with E-state index < -0.39 is 75.2 Å². The highest BCUT2D eigenvalue weighted by Gasteiger charge is 2.45. The first-order valence-electron chi connectivity index (χ1n) is 14.9. The number of hydrogen-bond acceptors (Lipinski definition) is 7. The van der Waals surface area contributed by atoms with Gasteiger partial charge in [0.1, 0.15) is 23.7 Å². The minimum Gasteiger partial charge on any atom is -0.351 e. The molecule has 3 amide bonds. The lowest BCUT2D eigenvalue weighted by molar-refractivity contribution is -0.128. The lowest BCUT2D eigenvalue weighted by Gasteiger charge is -2.37. The summed E-state index contributed by atoms with van der Waals surface area (Å²) in [6.07, 6.45) is 1.15. The van der Waals surface area contributed by atoms with Crippen molar-refractivity contribution in [2.75, 3.05) is 16.1 Å². The number of pyridine rings is 1. The van der Waals surface area contributed by atoms with Crippen LogP contribution in [0, 0.1) is 24.1 Å². The SMILES string of the molecule is Cc1ccccc1C(C(=O)NC1CCC(F)(F)CC1)N(C(=O)[C@@H]1CCC(=O)N1c1cc(C#N)ccn1)c1cc(F)cc(S(C)(=O)=O)c1. The molecular weight excluding hydrogens is 635 g/mol. The summed E-state index contributed by atoms with van der Waals surface area (Å²) in [4.78, 5) is 48.1. The zero-order valence-corrected chi connectivity index (χ0v) is 26.4. The zero-order valence-electron chi connectivity index (χ0n) is 25.6. The Hall–Kier alpha value is -4.77. The fourth-order valence-corrected chi connectivity index (χ4v) is 6.71. The van der Waals surface area contributed by atoms with Crippen molar-refractivity contribution in [2.24, 2.45) is 0 Å². The summed E-state index contributed by atoms with van der Waals surface area (Å²) < 4.78 is 68.2. The molecule has 2 atom stereocenters. The molecule has 1 N–H and O–H groups in total. The van der Waals surface area contributed by atoms with Crippen LogP contribution in [0.1, 0.15) is 61.3 Å². The molecule has 2 heterocycles. The van der Waals surface area contributed by atoms with Gasteiger partial charge in [0, 0.05) is 43.4 Å². The maximum absolute atomic E-state index is 15.2. The topological polar surface area (TPSA) is 141 Å². The number of rotatable bonds is 8. The van der Waals surface area contributed by atoms with Crippen molar-refractivity contribution in [3.05, 3.63) is 83.3 Å². The van der Waals surface area contributed by atoms with Crippen molar-refractivity contribution >= 4 is 39.1 Å². The molecule has 0 bridgehead atoms. The van der Waals surface area contributed by atoms with Crippen LogP contribution >= 0.6 is 0 Å². The Kier molecular flexibility index (Phi) is 9.40. The molecule has 5 rings (SSSR count). The summed E-state index contributed by atoms with van der Waals surface area (Å²) >= 11 is 0.